The number of aromatic nitrogens is 2. The van der Waals surface area contributed by atoms with Gasteiger partial charge in [0.25, 0.3) is 0 Å². The number of hydrogen-bond donors (Lipinski definition) is 2. The van der Waals surface area contributed by atoms with Gasteiger partial charge in [-0.15, -0.1) is 22.0 Å². The minimum Gasteiger partial charge on any atom is -0.494 e. The number of hydrogen-bond acceptors (Lipinski definition) is 6. The lowest BCUT2D eigenvalue weighted by Gasteiger charge is -2.06. The van der Waals surface area contributed by atoms with Crippen molar-refractivity contribution in [2.75, 3.05) is 17.2 Å². The summed E-state index contributed by atoms with van der Waals surface area (Å²) in [5.41, 5.74) is 1.76. The molecular formula is C19H19ClN4O2S2. The van der Waals surface area contributed by atoms with Crippen LogP contribution in [-0.4, -0.2) is 22.8 Å². The van der Waals surface area contributed by atoms with Crippen LogP contribution in [0.3, 0.4) is 0 Å². The summed E-state index contributed by atoms with van der Waals surface area (Å²) in [6.45, 7) is 2.52. The molecule has 0 fully saturated rings. The average Bonchev–Trinajstić information content (AvgIpc) is 3.12. The Hall–Kier alpha value is -2.29. The highest BCUT2D eigenvalue weighted by molar-refractivity contribution is 7.97. The van der Waals surface area contributed by atoms with Gasteiger partial charge in [-0.2, -0.15) is 0 Å². The van der Waals surface area contributed by atoms with E-state index in [-0.39, 0.29) is 6.03 Å². The van der Waals surface area contributed by atoms with Gasteiger partial charge in [-0.25, -0.2) is 4.79 Å². The predicted octanol–water partition coefficient (Wildman–Crippen LogP) is 5.67. The zero-order valence-electron chi connectivity index (χ0n) is 15.1. The molecule has 6 nitrogen and oxygen atoms in total. The zero-order valence-corrected chi connectivity index (χ0v) is 17.5. The maximum absolute atomic E-state index is 12.1. The topological polar surface area (TPSA) is 76.1 Å². The van der Waals surface area contributed by atoms with Gasteiger partial charge in [-0.1, -0.05) is 41.1 Å². The fourth-order valence-corrected chi connectivity index (χ4v) is 4.39. The van der Waals surface area contributed by atoms with Crippen molar-refractivity contribution in [2.45, 2.75) is 18.4 Å². The molecule has 0 unspecified atom stereocenters. The van der Waals surface area contributed by atoms with E-state index in [1.807, 2.05) is 31.2 Å². The summed E-state index contributed by atoms with van der Waals surface area (Å²) < 4.78 is 5.38. The molecule has 3 rings (SSSR count). The molecule has 1 heterocycles. The summed E-state index contributed by atoms with van der Waals surface area (Å²) in [6, 6.07) is 14.6. The Kier molecular flexibility index (Phi) is 7.53. The Balaban J connectivity index is 1.45. The number of carbonyl (C=O) groups excluding carboxylic acids is 1. The molecule has 3 aromatic rings. The normalized spacial score (nSPS) is 10.5. The van der Waals surface area contributed by atoms with Gasteiger partial charge in [0, 0.05) is 22.2 Å². The monoisotopic (exact) mass is 434 g/mol. The van der Waals surface area contributed by atoms with Crippen LogP contribution in [0, 0.1) is 0 Å². The van der Waals surface area contributed by atoms with Crippen LogP contribution in [0.1, 0.15) is 17.5 Å². The summed E-state index contributed by atoms with van der Waals surface area (Å²) in [5.74, 6) is 2.25. The van der Waals surface area contributed by atoms with Crippen molar-refractivity contribution >= 4 is 51.5 Å². The Morgan fingerprint density at radius 3 is 2.64 bits per heavy atom. The molecule has 0 saturated carbocycles. The van der Waals surface area contributed by atoms with Crippen LogP contribution in [-0.2, 0) is 11.5 Å². The molecule has 0 aliphatic carbocycles. The van der Waals surface area contributed by atoms with Crippen molar-refractivity contribution < 1.29 is 9.53 Å². The molecule has 0 aliphatic rings. The number of benzene rings is 2. The molecule has 28 heavy (non-hydrogen) atoms. The van der Waals surface area contributed by atoms with Crippen molar-refractivity contribution in [3.63, 3.8) is 0 Å². The van der Waals surface area contributed by atoms with E-state index in [1.54, 1.807) is 36.0 Å². The number of amides is 2. The lowest BCUT2D eigenvalue weighted by atomic mass is 10.2. The fourth-order valence-electron chi connectivity index (χ4n) is 2.29. The van der Waals surface area contributed by atoms with E-state index in [9.17, 15) is 4.79 Å². The minimum atomic E-state index is -0.365. The first-order valence-corrected chi connectivity index (χ1v) is 10.9. The second-order valence-corrected chi connectivity index (χ2v) is 8.08. The van der Waals surface area contributed by atoms with E-state index in [2.05, 4.69) is 20.8 Å². The van der Waals surface area contributed by atoms with E-state index in [0.717, 1.165) is 27.1 Å². The van der Waals surface area contributed by atoms with Crippen LogP contribution in [0.15, 0.2) is 48.5 Å². The third-order valence-electron chi connectivity index (χ3n) is 3.55. The Bertz CT molecular complexity index is 918. The van der Waals surface area contributed by atoms with E-state index in [4.69, 9.17) is 16.3 Å². The number of carbonyl (C=O) groups is 1. The highest BCUT2D eigenvalue weighted by atomic mass is 35.5. The molecule has 0 atom stereocenters. The molecular weight excluding hydrogens is 416 g/mol. The molecule has 2 aromatic carbocycles. The number of rotatable bonds is 8. The van der Waals surface area contributed by atoms with Crippen LogP contribution in [0.25, 0.3) is 0 Å². The van der Waals surface area contributed by atoms with Crippen LogP contribution < -0.4 is 15.4 Å². The quantitative estimate of drug-likeness (QED) is 0.477. The SMILES string of the molecule is CCOc1ccc(NC(=O)Nc2nnc(CSCc3ccccc3Cl)s2)cc1. The molecule has 2 N–H and O–H groups in total. The van der Waals surface area contributed by atoms with Crippen molar-refractivity contribution in [3.05, 3.63) is 64.1 Å². The van der Waals surface area contributed by atoms with Gasteiger partial charge >= 0.3 is 6.03 Å². The number of urea groups is 1. The third-order valence-corrected chi connectivity index (χ3v) is 5.93. The fraction of sp³-hybridized carbons (Fsp3) is 0.211. The summed E-state index contributed by atoms with van der Waals surface area (Å²) >= 11 is 9.21. The summed E-state index contributed by atoms with van der Waals surface area (Å²) in [5, 5.41) is 15.6. The number of anilines is 2. The maximum Gasteiger partial charge on any atom is 0.325 e. The molecule has 1 aromatic heterocycles. The lowest BCUT2D eigenvalue weighted by molar-refractivity contribution is 0.262. The van der Waals surface area contributed by atoms with E-state index < -0.39 is 0 Å². The van der Waals surface area contributed by atoms with Crippen molar-refractivity contribution in [1.29, 1.82) is 0 Å². The first-order chi connectivity index (χ1) is 13.6. The highest BCUT2D eigenvalue weighted by Crippen LogP contribution is 2.25. The van der Waals surface area contributed by atoms with Gasteiger partial charge in [0.2, 0.25) is 5.13 Å². The number of ether oxygens (including phenoxy) is 1. The molecule has 0 bridgehead atoms. The molecule has 0 radical (unpaired) electrons. The number of nitrogens with one attached hydrogen (secondary N) is 2. The van der Waals surface area contributed by atoms with E-state index >= 15 is 0 Å². The van der Waals surface area contributed by atoms with E-state index in [1.165, 1.54) is 11.3 Å². The van der Waals surface area contributed by atoms with Crippen LogP contribution in [0.5, 0.6) is 5.75 Å². The summed E-state index contributed by atoms with van der Waals surface area (Å²) in [7, 11) is 0. The second kappa shape index (κ2) is 10.3. The predicted molar refractivity (Wildman–Crippen MR) is 117 cm³/mol. The van der Waals surface area contributed by atoms with Gasteiger partial charge in [0.1, 0.15) is 10.8 Å². The van der Waals surface area contributed by atoms with Gasteiger partial charge in [0.05, 0.1) is 6.61 Å². The van der Waals surface area contributed by atoms with E-state index in [0.29, 0.717) is 23.2 Å². The number of nitrogens with zero attached hydrogens (tertiary/aromatic N) is 2. The van der Waals surface area contributed by atoms with Crippen LogP contribution >= 0.6 is 34.7 Å². The molecule has 146 valence electrons. The maximum atomic E-state index is 12.1. The molecule has 0 spiro atoms. The van der Waals surface area contributed by atoms with Crippen LogP contribution in [0.2, 0.25) is 5.02 Å². The number of halogens is 1. The minimum absolute atomic E-state index is 0.365. The van der Waals surface area contributed by atoms with Crippen molar-refractivity contribution in [2.24, 2.45) is 0 Å². The Morgan fingerprint density at radius 2 is 1.89 bits per heavy atom. The standard InChI is InChI=1S/C19H19ClN4O2S2/c1-2-26-15-9-7-14(8-10-15)21-18(25)22-19-24-23-17(28-19)12-27-11-13-5-3-4-6-16(13)20/h3-10H,2,11-12H2,1H3,(H2,21,22,24,25). The zero-order chi connectivity index (χ0) is 19.8. The van der Waals surface area contributed by atoms with Gasteiger partial charge < -0.3 is 10.1 Å². The average molecular weight is 435 g/mol. The molecule has 2 amide bonds. The first-order valence-electron chi connectivity index (χ1n) is 8.58. The van der Waals surface area contributed by atoms with Crippen molar-refractivity contribution in [3.8, 4) is 5.75 Å². The first kappa shape index (κ1) is 20.4. The van der Waals surface area contributed by atoms with Gasteiger partial charge in [-0.3, -0.25) is 5.32 Å². The highest BCUT2D eigenvalue weighted by Gasteiger charge is 2.09. The second-order valence-electron chi connectivity index (χ2n) is 5.62. The Labute approximate surface area is 176 Å². The lowest BCUT2D eigenvalue weighted by Crippen LogP contribution is -2.19. The summed E-state index contributed by atoms with van der Waals surface area (Å²) in [6.07, 6.45) is 0. The Morgan fingerprint density at radius 1 is 1.11 bits per heavy atom. The van der Waals surface area contributed by atoms with Crippen LogP contribution in [0.4, 0.5) is 15.6 Å². The third kappa shape index (κ3) is 6.12. The molecule has 0 saturated heterocycles. The molecule has 0 aliphatic heterocycles. The van der Waals surface area contributed by atoms with Crippen molar-refractivity contribution in [1.82, 2.24) is 10.2 Å². The van der Waals surface area contributed by atoms with Gasteiger partial charge in [0.15, 0.2) is 0 Å². The number of thioether (sulfide) groups is 1. The smallest absolute Gasteiger partial charge is 0.325 e. The summed E-state index contributed by atoms with van der Waals surface area (Å²) in [4.78, 5) is 12.1. The largest absolute Gasteiger partial charge is 0.494 e. The van der Waals surface area contributed by atoms with Gasteiger partial charge in [-0.05, 0) is 42.8 Å². The molecule has 9 heteroatoms.